The summed E-state index contributed by atoms with van der Waals surface area (Å²) < 4.78 is 5.31. The molecule has 0 aliphatic rings. The van der Waals surface area contributed by atoms with Gasteiger partial charge in [-0.2, -0.15) is 5.10 Å². The molecule has 0 aliphatic carbocycles. The highest BCUT2D eigenvalue weighted by Gasteiger charge is 2.01. The highest BCUT2D eigenvalue weighted by molar-refractivity contribution is 7.98. The minimum Gasteiger partial charge on any atom is -0.484 e. The number of amides is 1. The van der Waals surface area contributed by atoms with E-state index in [0.29, 0.717) is 10.8 Å². The Hall–Kier alpha value is -1.98. The standard InChI is InChI=1S/C16H15ClN2O2S/c1-22-15-8-2-12(3-9-15)10-18-19-16(20)11-21-14-6-4-13(17)5-7-14/h2-10H,11H2,1H3,(H,19,20). The molecule has 1 N–H and O–H groups in total. The van der Waals surface area contributed by atoms with E-state index in [0.717, 1.165) is 5.56 Å². The van der Waals surface area contributed by atoms with Gasteiger partial charge in [0.25, 0.3) is 5.91 Å². The molecule has 1 amide bonds. The van der Waals surface area contributed by atoms with Crippen LogP contribution in [0.3, 0.4) is 0 Å². The Bertz CT molecular complexity index is 642. The smallest absolute Gasteiger partial charge is 0.277 e. The summed E-state index contributed by atoms with van der Waals surface area (Å²) in [6.45, 7) is -0.107. The molecule has 0 saturated heterocycles. The first-order chi connectivity index (χ1) is 10.7. The molecule has 0 radical (unpaired) electrons. The average molecular weight is 335 g/mol. The molecular formula is C16H15ClN2O2S. The molecule has 0 spiro atoms. The van der Waals surface area contributed by atoms with E-state index in [1.807, 2.05) is 30.5 Å². The number of carbonyl (C=O) groups excluding carboxylic acids is 1. The van der Waals surface area contributed by atoms with Gasteiger partial charge in [-0.15, -0.1) is 11.8 Å². The van der Waals surface area contributed by atoms with Crippen molar-refractivity contribution in [2.75, 3.05) is 12.9 Å². The molecule has 0 bridgehead atoms. The highest BCUT2D eigenvalue weighted by atomic mass is 35.5. The van der Waals surface area contributed by atoms with Gasteiger partial charge in [0.15, 0.2) is 6.61 Å². The van der Waals surface area contributed by atoms with E-state index in [-0.39, 0.29) is 12.5 Å². The zero-order chi connectivity index (χ0) is 15.8. The number of hydrazone groups is 1. The summed E-state index contributed by atoms with van der Waals surface area (Å²) in [4.78, 5) is 12.8. The van der Waals surface area contributed by atoms with Crippen molar-refractivity contribution in [2.24, 2.45) is 5.10 Å². The van der Waals surface area contributed by atoms with Gasteiger partial charge >= 0.3 is 0 Å². The van der Waals surface area contributed by atoms with Crippen molar-refractivity contribution in [3.05, 3.63) is 59.1 Å². The third kappa shape index (κ3) is 5.42. The second kappa shape index (κ2) is 8.46. The van der Waals surface area contributed by atoms with Crippen molar-refractivity contribution in [3.63, 3.8) is 0 Å². The molecule has 0 unspecified atom stereocenters. The molecule has 2 rings (SSSR count). The van der Waals surface area contributed by atoms with Gasteiger partial charge in [0.1, 0.15) is 5.75 Å². The number of carbonyl (C=O) groups is 1. The summed E-state index contributed by atoms with van der Waals surface area (Å²) >= 11 is 7.44. The van der Waals surface area contributed by atoms with Crippen LogP contribution in [-0.4, -0.2) is 25.0 Å². The fourth-order valence-electron chi connectivity index (χ4n) is 1.58. The van der Waals surface area contributed by atoms with Crippen LogP contribution in [0.1, 0.15) is 5.56 Å². The quantitative estimate of drug-likeness (QED) is 0.499. The van der Waals surface area contributed by atoms with Crippen molar-refractivity contribution < 1.29 is 9.53 Å². The fraction of sp³-hybridized carbons (Fsp3) is 0.125. The zero-order valence-electron chi connectivity index (χ0n) is 12.0. The molecule has 6 heteroatoms. The first kappa shape index (κ1) is 16.4. The maximum Gasteiger partial charge on any atom is 0.277 e. The van der Waals surface area contributed by atoms with Gasteiger partial charge in [-0.3, -0.25) is 4.79 Å². The topological polar surface area (TPSA) is 50.7 Å². The van der Waals surface area contributed by atoms with E-state index in [1.54, 1.807) is 42.2 Å². The molecule has 0 aromatic heterocycles. The molecule has 0 atom stereocenters. The van der Waals surface area contributed by atoms with Crippen LogP contribution in [0.4, 0.5) is 0 Å². The van der Waals surface area contributed by atoms with Crippen LogP contribution in [-0.2, 0) is 4.79 Å². The maximum absolute atomic E-state index is 11.6. The summed E-state index contributed by atoms with van der Waals surface area (Å²) in [6.07, 6.45) is 3.61. The Kier molecular flexibility index (Phi) is 6.30. The Balaban J connectivity index is 1.76. The number of thioether (sulfide) groups is 1. The maximum atomic E-state index is 11.6. The summed E-state index contributed by atoms with van der Waals surface area (Å²) in [5, 5.41) is 4.51. The number of rotatable bonds is 6. The largest absolute Gasteiger partial charge is 0.484 e. The second-order valence-electron chi connectivity index (χ2n) is 4.31. The first-order valence-corrected chi connectivity index (χ1v) is 8.12. The van der Waals surface area contributed by atoms with Gasteiger partial charge in [0.05, 0.1) is 6.21 Å². The van der Waals surface area contributed by atoms with E-state index in [4.69, 9.17) is 16.3 Å². The molecule has 0 fully saturated rings. The van der Waals surface area contributed by atoms with Gasteiger partial charge in [-0.25, -0.2) is 5.43 Å². The van der Waals surface area contributed by atoms with Crippen LogP contribution >= 0.6 is 23.4 Å². The second-order valence-corrected chi connectivity index (χ2v) is 5.63. The van der Waals surface area contributed by atoms with Gasteiger partial charge in [-0.05, 0) is 48.2 Å². The molecule has 0 aliphatic heterocycles. The van der Waals surface area contributed by atoms with Crippen molar-refractivity contribution in [3.8, 4) is 5.75 Å². The van der Waals surface area contributed by atoms with Gasteiger partial charge in [0, 0.05) is 9.92 Å². The zero-order valence-corrected chi connectivity index (χ0v) is 13.5. The number of halogens is 1. The number of ether oxygens (including phenoxy) is 1. The van der Waals surface area contributed by atoms with E-state index in [1.165, 1.54) is 4.90 Å². The minimum atomic E-state index is -0.327. The van der Waals surface area contributed by atoms with Crippen LogP contribution in [0.25, 0.3) is 0 Å². The summed E-state index contributed by atoms with van der Waals surface area (Å²) in [5.74, 6) is 0.253. The average Bonchev–Trinajstić information content (AvgIpc) is 2.55. The predicted octanol–water partition coefficient (Wildman–Crippen LogP) is 3.59. The lowest BCUT2D eigenvalue weighted by molar-refractivity contribution is -0.123. The van der Waals surface area contributed by atoms with Crippen molar-refractivity contribution in [1.82, 2.24) is 5.43 Å². The number of hydrogen-bond donors (Lipinski definition) is 1. The molecule has 0 saturated carbocycles. The summed E-state index contributed by atoms with van der Waals surface area (Å²) in [7, 11) is 0. The minimum absolute atomic E-state index is 0.107. The molecular weight excluding hydrogens is 320 g/mol. The van der Waals surface area contributed by atoms with E-state index < -0.39 is 0 Å². The number of hydrogen-bond acceptors (Lipinski definition) is 4. The molecule has 2 aromatic rings. The number of nitrogens with one attached hydrogen (secondary N) is 1. The van der Waals surface area contributed by atoms with Crippen molar-refractivity contribution >= 4 is 35.5 Å². The number of benzene rings is 2. The SMILES string of the molecule is CSc1ccc(C=NNC(=O)COc2ccc(Cl)cc2)cc1. The Morgan fingerprint density at radius 3 is 2.55 bits per heavy atom. The highest BCUT2D eigenvalue weighted by Crippen LogP contribution is 2.15. The van der Waals surface area contributed by atoms with Gasteiger partial charge < -0.3 is 4.74 Å². The van der Waals surface area contributed by atoms with E-state index in [2.05, 4.69) is 10.5 Å². The van der Waals surface area contributed by atoms with Crippen LogP contribution in [0.5, 0.6) is 5.75 Å². The lowest BCUT2D eigenvalue weighted by atomic mass is 10.2. The van der Waals surface area contributed by atoms with Gasteiger partial charge in [-0.1, -0.05) is 23.7 Å². The lowest BCUT2D eigenvalue weighted by Gasteiger charge is -2.04. The van der Waals surface area contributed by atoms with E-state index in [9.17, 15) is 4.79 Å². The molecule has 0 heterocycles. The molecule has 4 nitrogen and oxygen atoms in total. The van der Waals surface area contributed by atoms with E-state index >= 15 is 0 Å². The monoisotopic (exact) mass is 334 g/mol. The first-order valence-electron chi connectivity index (χ1n) is 6.52. The lowest BCUT2D eigenvalue weighted by Crippen LogP contribution is -2.24. The van der Waals surface area contributed by atoms with Crippen LogP contribution in [0.15, 0.2) is 58.5 Å². The van der Waals surface area contributed by atoms with Crippen LogP contribution in [0.2, 0.25) is 5.02 Å². The Labute approximate surface area is 138 Å². The molecule has 114 valence electrons. The van der Waals surface area contributed by atoms with Gasteiger partial charge in [0.2, 0.25) is 0 Å². The molecule has 22 heavy (non-hydrogen) atoms. The normalized spacial score (nSPS) is 10.6. The molecule has 2 aromatic carbocycles. The fourth-order valence-corrected chi connectivity index (χ4v) is 2.11. The third-order valence-corrected chi connectivity index (χ3v) is 3.70. The Morgan fingerprint density at radius 2 is 1.91 bits per heavy atom. The van der Waals surface area contributed by atoms with Crippen molar-refractivity contribution in [2.45, 2.75) is 4.90 Å². The summed E-state index contributed by atoms with van der Waals surface area (Å²) in [5.41, 5.74) is 3.33. The van der Waals surface area contributed by atoms with Crippen LogP contribution in [0, 0.1) is 0 Å². The van der Waals surface area contributed by atoms with Crippen LogP contribution < -0.4 is 10.2 Å². The number of nitrogens with zero attached hydrogens (tertiary/aromatic N) is 1. The predicted molar refractivity (Wildman–Crippen MR) is 90.9 cm³/mol. The van der Waals surface area contributed by atoms with Crippen molar-refractivity contribution in [1.29, 1.82) is 0 Å². The third-order valence-electron chi connectivity index (χ3n) is 2.70. The Morgan fingerprint density at radius 1 is 1.23 bits per heavy atom. The summed E-state index contributed by atoms with van der Waals surface area (Å²) in [6, 6.07) is 14.7.